The van der Waals surface area contributed by atoms with Crippen LogP contribution in [0.1, 0.15) is 11.1 Å². The van der Waals surface area contributed by atoms with E-state index >= 15 is 0 Å². The number of anilines is 1. The molecule has 1 aromatic heterocycles. The number of rotatable bonds is 9. The van der Waals surface area contributed by atoms with Crippen molar-refractivity contribution < 1.29 is 19.1 Å². The topological polar surface area (TPSA) is 72.8 Å². The first-order valence-corrected chi connectivity index (χ1v) is 12.0. The van der Waals surface area contributed by atoms with Crippen molar-refractivity contribution in [3.05, 3.63) is 108 Å². The summed E-state index contributed by atoms with van der Waals surface area (Å²) in [6.45, 7) is 4.76. The van der Waals surface area contributed by atoms with Crippen LogP contribution in [0.25, 0.3) is 17.0 Å². The number of ether oxygens (including phenoxy) is 2. The van der Waals surface area contributed by atoms with Crippen LogP contribution >= 0.6 is 0 Å². The lowest BCUT2D eigenvalue weighted by Gasteiger charge is -2.13. The van der Waals surface area contributed by atoms with E-state index < -0.39 is 5.91 Å². The number of carbonyl (C=O) groups excluding carboxylic acids is 2. The van der Waals surface area contributed by atoms with Crippen LogP contribution in [0, 0.1) is 0 Å². The van der Waals surface area contributed by atoms with Crippen LogP contribution in [0.4, 0.5) is 5.69 Å². The molecule has 1 N–H and O–H groups in total. The summed E-state index contributed by atoms with van der Waals surface area (Å²) in [5.41, 5.74) is 6.22. The molecule has 0 unspecified atom stereocenters. The summed E-state index contributed by atoms with van der Waals surface area (Å²) in [6, 6.07) is 22.8. The molecule has 2 heterocycles. The Hall–Kier alpha value is -4.78. The highest BCUT2D eigenvalue weighted by Gasteiger charge is 2.34. The largest absolute Gasteiger partial charge is 0.493 e. The zero-order valence-electron chi connectivity index (χ0n) is 20.5. The summed E-state index contributed by atoms with van der Waals surface area (Å²) in [4.78, 5) is 25.7. The standard InChI is InChI=1S/C30H27N3O4/c1-3-9-21-14-15-27(28(18-21)36-2)37-17-16-32-20-22(24-12-7-8-13-26(24)32)19-25-29(34)31-33(30(25)35)23-10-5-4-6-11-23/h3-8,10-15,18-20H,1,9,16-17H2,2H3,(H,31,34)/b25-19+. The van der Waals surface area contributed by atoms with Crippen molar-refractivity contribution in [3.8, 4) is 11.5 Å². The third-order valence-corrected chi connectivity index (χ3v) is 6.22. The number of aromatic nitrogens is 1. The maximum Gasteiger partial charge on any atom is 0.282 e. The lowest BCUT2D eigenvalue weighted by Crippen LogP contribution is -2.35. The highest BCUT2D eigenvalue weighted by atomic mass is 16.5. The number of nitrogens with one attached hydrogen (secondary N) is 1. The van der Waals surface area contributed by atoms with Gasteiger partial charge in [-0.1, -0.05) is 48.5 Å². The van der Waals surface area contributed by atoms with Gasteiger partial charge in [0.25, 0.3) is 11.8 Å². The second kappa shape index (κ2) is 10.5. The van der Waals surface area contributed by atoms with Crippen molar-refractivity contribution in [2.45, 2.75) is 13.0 Å². The number of carbonyl (C=O) groups is 2. The van der Waals surface area contributed by atoms with Crippen LogP contribution in [0.5, 0.6) is 11.5 Å². The van der Waals surface area contributed by atoms with E-state index in [4.69, 9.17) is 9.47 Å². The van der Waals surface area contributed by atoms with Gasteiger partial charge in [0.1, 0.15) is 12.2 Å². The van der Waals surface area contributed by atoms with Gasteiger partial charge in [-0.25, -0.2) is 5.01 Å². The van der Waals surface area contributed by atoms with E-state index in [1.807, 2.05) is 72.9 Å². The number of amides is 2. The Morgan fingerprint density at radius 2 is 1.76 bits per heavy atom. The molecule has 7 nitrogen and oxygen atoms in total. The summed E-state index contributed by atoms with van der Waals surface area (Å²) in [5.74, 6) is 0.531. The predicted octanol–water partition coefficient (Wildman–Crippen LogP) is 4.92. The van der Waals surface area contributed by atoms with E-state index in [0.29, 0.717) is 30.3 Å². The molecule has 37 heavy (non-hydrogen) atoms. The number of allylic oxidation sites excluding steroid dienone is 1. The van der Waals surface area contributed by atoms with Crippen LogP contribution in [0.2, 0.25) is 0 Å². The van der Waals surface area contributed by atoms with Crippen LogP contribution < -0.4 is 19.9 Å². The van der Waals surface area contributed by atoms with Crippen molar-refractivity contribution in [1.29, 1.82) is 0 Å². The Morgan fingerprint density at radius 3 is 2.54 bits per heavy atom. The molecule has 0 bridgehead atoms. The van der Waals surface area contributed by atoms with E-state index in [0.717, 1.165) is 28.5 Å². The Morgan fingerprint density at radius 1 is 0.973 bits per heavy atom. The zero-order valence-corrected chi connectivity index (χ0v) is 20.5. The third kappa shape index (κ3) is 4.84. The molecule has 0 saturated carbocycles. The molecule has 5 rings (SSSR count). The molecule has 4 aromatic rings. The zero-order chi connectivity index (χ0) is 25.8. The van der Waals surface area contributed by atoms with Gasteiger partial charge in [0.2, 0.25) is 0 Å². The summed E-state index contributed by atoms with van der Waals surface area (Å²) in [5, 5.41) is 2.22. The Balaban J connectivity index is 1.37. The van der Waals surface area contributed by atoms with E-state index in [2.05, 4.69) is 16.6 Å². The van der Waals surface area contributed by atoms with Crippen molar-refractivity contribution in [2.24, 2.45) is 0 Å². The molecule has 7 heteroatoms. The molecule has 2 amide bonds. The number of para-hydroxylation sites is 2. The first-order chi connectivity index (χ1) is 18.1. The van der Waals surface area contributed by atoms with Gasteiger partial charge in [-0.05, 0) is 48.4 Å². The van der Waals surface area contributed by atoms with Gasteiger partial charge in [-0.15, -0.1) is 6.58 Å². The van der Waals surface area contributed by atoms with Crippen molar-refractivity contribution in [2.75, 3.05) is 18.7 Å². The average Bonchev–Trinajstić information content (AvgIpc) is 3.42. The van der Waals surface area contributed by atoms with Gasteiger partial charge in [-0.3, -0.25) is 15.0 Å². The minimum absolute atomic E-state index is 0.0901. The second-order valence-electron chi connectivity index (χ2n) is 8.60. The van der Waals surface area contributed by atoms with Crippen LogP contribution in [-0.2, 0) is 22.6 Å². The fourth-order valence-corrected chi connectivity index (χ4v) is 4.43. The lowest BCUT2D eigenvalue weighted by atomic mass is 10.1. The SMILES string of the molecule is C=CCc1ccc(OCCn2cc(/C=C3\C(=O)NN(c4ccccc4)C3=O)c3ccccc32)c(OC)c1. The monoisotopic (exact) mass is 493 g/mol. The molecule has 1 aliphatic heterocycles. The summed E-state index contributed by atoms with van der Waals surface area (Å²) < 4.78 is 13.6. The Bertz CT molecular complexity index is 1500. The van der Waals surface area contributed by atoms with Gasteiger partial charge in [-0.2, -0.15) is 0 Å². The highest BCUT2D eigenvalue weighted by molar-refractivity contribution is 6.32. The van der Waals surface area contributed by atoms with Gasteiger partial charge in [0.05, 0.1) is 19.3 Å². The minimum atomic E-state index is -0.430. The molecule has 3 aromatic carbocycles. The lowest BCUT2D eigenvalue weighted by molar-refractivity contribution is -0.117. The molecular weight excluding hydrogens is 466 g/mol. The van der Waals surface area contributed by atoms with E-state index in [1.165, 1.54) is 5.01 Å². The van der Waals surface area contributed by atoms with Crippen LogP contribution in [0.3, 0.4) is 0 Å². The quantitative estimate of drug-likeness (QED) is 0.204. The number of fused-ring (bicyclic) bond motifs is 1. The molecule has 0 radical (unpaired) electrons. The Kier molecular flexibility index (Phi) is 6.76. The minimum Gasteiger partial charge on any atom is -0.493 e. The van der Waals surface area contributed by atoms with Crippen molar-refractivity contribution >= 4 is 34.5 Å². The van der Waals surface area contributed by atoms with E-state index in [9.17, 15) is 9.59 Å². The van der Waals surface area contributed by atoms with E-state index in [1.54, 1.807) is 25.3 Å². The average molecular weight is 494 g/mol. The van der Waals surface area contributed by atoms with Gasteiger partial charge < -0.3 is 14.0 Å². The van der Waals surface area contributed by atoms with Gasteiger partial charge in [0, 0.05) is 22.7 Å². The Labute approximate surface area is 215 Å². The van der Waals surface area contributed by atoms with Crippen LogP contribution in [-0.4, -0.2) is 30.1 Å². The molecule has 1 saturated heterocycles. The fourth-order valence-electron chi connectivity index (χ4n) is 4.43. The molecule has 1 fully saturated rings. The van der Waals surface area contributed by atoms with Crippen molar-refractivity contribution in [1.82, 2.24) is 9.99 Å². The third-order valence-electron chi connectivity index (χ3n) is 6.22. The summed E-state index contributed by atoms with van der Waals surface area (Å²) >= 11 is 0. The fraction of sp³-hybridized carbons (Fsp3) is 0.133. The maximum atomic E-state index is 13.0. The summed E-state index contributed by atoms with van der Waals surface area (Å²) in [6.07, 6.45) is 6.20. The van der Waals surface area contributed by atoms with Crippen LogP contribution in [0.15, 0.2) is 97.2 Å². The maximum absolute atomic E-state index is 13.0. The van der Waals surface area contributed by atoms with Gasteiger partial charge >= 0.3 is 0 Å². The molecule has 186 valence electrons. The van der Waals surface area contributed by atoms with E-state index in [-0.39, 0.29) is 11.5 Å². The number of nitrogens with zero attached hydrogens (tertiary/aromatic N) is 2. The molecule has 0 atom stereocenters. The molecule has 1 aliphatic rings. The molecule has 0 aliphatic carbocycles. The molecule has 0 spiro atoms. The number of hydrogen-bond donors (Lipinski definition) is 1. The summed E-state index contributed by atoms with van der Waals surface area (Å²) in [7, 11) is 1.62. The second-order valence-corrected chi connectivity index (χ2v) is 8.60. The predicted molar refractivity (Wildman–Crippen MR) is 144 cm³/mol. The first-order valence-electron chi connectivity index (χ1n) is 12.0. The number of benzene rings is 3. The van der Waals surface area contributed by atoms with Gasteiger partial charge in [0.15, 0.2) is 11.5 Å². The number of methoxy groups -OCH3 is 1. The first kappa shape index (κ1) is 23.9. The number of hydrazine groups is 1. The molecular formula is C30H27N3O4. The highest BCUT2D eigenvalue weighted by Crippen LogP contribution is 2.29. The number of hydrogen-bond acceptors (Lipinski definition) is 4. The smallest absolute Gasteiger partial charge is 0.282 e. The van der Waals surface area contributed by atoms with Crippen molar-refractivity contribution in [3.63, 3.8) is 0 Å². The normalized spacial score (nSPS) is 14.3.